The van der Waals surface area contributed by atoms with Crippen LogP contribution in [0.4, 0.5) is 0 Å². The van der Waals surface area contributed by atoms with Crippen molar-refractivity contribution in [3.8, 4) is 0 Å². The van der Waals surface area contributed by atoms with E-state index >= 15 is 0 Å². The van der Waals surface area contributed by atoms with Gasteiger partial charge in [-0.2, -0.15) is 0 Å². The van der Waals surface area contributed by atoms with Crippen LogP contribution in [0, 0.1) is 0 Å². The molecule has 0 spiro atoms. The first-order valence-electron chi connectivity index (χ1n) is 3.30. The van der Waals surface area contributed by atoms with Gasteiger partial charge in [0.05, 0.1) is 0 Å². The number of thioether (sulfide) groups is 2. The molecule has 0 saturated heterocycles. The zero-order valence-electron chi connectivity index (χ0n) is 6.52. The number of hydrogen-bond acceptors (Lipinski definition) is 6. The summed E-state index contributed by atoms with van der Waals surface area (Å²) in [5, 5.41) is 7.89. The van der Waals surface area contributed by atoms with Gasteiger partial charge in [0.25, 0.3) is 0 Å². The normalized spacial score (nSPS) is 10.1. The second-order valence-corrected chi connectivity index (χ2v) is 5.21. The topological polar surface area (TPSA) is 42.9 Å². The van der Waals surface area contributed by atoms with Gasteiger partial charge in [0.1, 0.15) is 6.29 Å². The maximum absolute atomic E-state index is 10.0. The highest BCUT2D eigenvalue weighted by Gasteiger charge is 2.02. The standard InChI is InChI=1S/C6H8N2OS3/c1-10-5-7-8-6(12-5)11-4-2-3-9/h3H,2,4H2,1H3. The van der Waals surface area contributed by atoms with E-state index in [1.807, 2.05) is 6.26 Å². The molecule has 1 aromatic heterocycles. The van der Waals surface area contributed by atoms with E-state index in [0.29, 0.717) is 6.42 Å². The largest absolute Gasteiger partial charge is 0.303 e. The molecule has 1 rings (SSSR count). The van der Waals surface area contributed by atoms with Crippen molar-refractivity contribution >= 4 is 41.1 Å². The van der Waals surface area contributed by atoms with Crippen LogP contribution in [-0.4, -0.2) is 28.5 Å². The molecule has 0 N–H and O–H groups in total. The summed E-state index contributed by atoms with van der Waals surface area (Å²) in [6, 6.07) is 0. The van der Waals surface area contributed by atoms with Crippen LogP contribution in [0.3, 0.4) is 0 Å². The molecular weight excluding hydrogens is 212 g/mol. The van der Waals surface area contributed by atoms with Crippen LogP contribution in [0.15, 0.2) is 8.68 Å². The molecule has 12 heavy (non-hydrogen) atoms. The van der Waals surface area contributed by atoms with E-state index in [9.17, 15) is 4.79 Å². The van der Waals surface area contributed by atoms with Crippen molar-refractivity contribution in [1.29, 1.82) is 0 Å². The Morgan fingerprint density at radius 1 is 1.50 bits per heavy atom. The molecule has 0 unspecified atom stereocenters. The molecule has 0 aliphatic carbocycles. The minimum absolute atomic E-state index is 0.582. The first-order chi connectivity index (χ1) is 5.86. The van der Waals surface area contributed by atoms with Crippen LogP contribution in [-0.2, 0) is 4.79 Å². The molecule has 1 heterocycles. The molecule has 0 aliphatic rings. The fourth-order valence-electron chi connectivity index (χ4n) is 0.532. The van der Waals surface area contributed by atoms with E-state index in [4.69, 9.17) is 0 Å². The van der Waals surface area contributed by atoms with Crippen molar-refractivity contribution in [2.24, 2.45) is 0 Å². The predicted molar refractivity (Wildman–Crippen MR) is 53.1 cm³/mol. The summed E-state index contributed by atoms with van der Waals surface area (Å²) in [6.45, 7) is 0. The van der Waals surface area contributed by atoms with Crippen LogP contribution in [0.2, 0.25) is 0 Å². The Kier molecular flexibility index (Phi) is 4.63. The molecule has 0 amide bonds. The van der Waals surface area contributed by atoms with Gasteiger partial charge in [0.2, 0.25) is 0 Å². The first kappa shape index (κ1) is 10.0. The van der Waals surface area contributed by atoms with Crippen LogP contribution < -0.4 is 0 Å². The highest BCUT2D eigenvalue weighted by Crippen LogP contribution is 2.27. The maximum atomic E-state index is 10.0. The van der Waals surface area contributed by atoms with E-state index < -0.39 is 0 Å². The third-order valence-corrected chi connectivity index (χ3v) is 4.09. The maximum Gasteiger partial charge on any atom is 0.175 e. The van der Waals surface area contributed by atoms with Crippen molar-refractivity contribution in [2.45, 2.75) is 15.1 Å². The lowest BCUT2D eigenvalue weighted by Crippen LogP contribution is -1.79. The minimum atomic E-state index is 0.582. The monoisotopic (exact) mass is 220 g/mol. The van der Waals surface area contributed by atoms with E-state index in [-0.39, 0.29) is 0 Å². The van der Waals surface area contributed by atoms with Gasteiger partial charge in [-0.15, -0.1) is 10.2 Å². The number of carbonyl (C=O) groups is 1. The van der Waals surface area contributed by atoms with Gasteiger partial charge in [-0.05, 0) is 6.26 Å². The van der Waals surface area contributed by atoms with Gasteiger partial charge >= 0.3 is 0 Å². The molecule has 0 radical (unpaired) electrons. The van der Waals surface area contributed by atoms with E-state index in [2.05, 4.69) is 10.2 Å². The summed E-state index contributed by atoms with van der Waals surface area (Å²) in [7, 11) is 0. The molecular formula is C6H8N2OS3. The number of aldehydes is 1. The average molecular weight is 220 g/mol. The molecule has 0 aromatic carbocycles. The van der Waals surface area contributed by atoms with Gasteiger partial charge in [0.15, 0.2) is 8.68 Å². The molecule has 0 aliphatic heterocycles. The van der Waals surface area contributed by atoms with Gasteiger partial charge in [0, 0.05) is 12.2 Å². The van der Waals surface area contributed by atoms with Crippen LogP contribution in [0.25, 0.3) is 0 Å². The molecule has 3 nitrogen and oxygen atoms in total. The Morgan fingerprint density at radius 2 is 2.25 bits per heavy atom. The quantitative estimate of drug-likeness (QED) is 0.431. The van der Waals surface area contributed by atoms with E-state index in [1.54, 1.807) is 34.9 Å². The van der Waals surface area contributed by atoms with Gasteiger partial charge in [-0.25, -0.2) is 0 Å². The fraction of sp³-hybridized carbons (Fsp3) is 0.500. The number of hydrogen-bond donors (Lipinski definition) is 0. The highest BCUT2D eigenvalue weighted by atomic mass is 32.2. The lowest BCUT2D eigenvalue weighted by molar-refractivity contribution is -0.107. The lowest BCUT2D eigenvalue weighted by atomic mass is 10.6. The summed E-state index contributed by atoms with van der Waals surface area (Å²) >= 11 is 4.74. The zero-order valence-corrected chi connectivity index (χ0v) is 8.97. The van der Waals surface area contributed by atoms with Crippen LogP contribution >= 0.6 is 34.9 Å². The van der Waals surface area contributed by atoms with Gasteiger partial charge in [-0.1, -0.05) is 34.9 Å². The number of nitrogens with zero attached hydrogens (tertiary/aromatic N) is 2. The summed E-state index contributed by atoms with van der Waals surface area (Å²) in [6.07, 6.45) is 3.47. The second-order valence-electron chi connectivity index (χ2n) is 1.84. The molecule has 0 atom stereocenters. The van der Waals surface area contributed by atoms with Crippen molar-refractivity contribution in [2.75, 3.05) is 12.0 Å². The van der Waals surface area contributed by atoms with Crippen molar-refractivity contribution < 1.29 is 4.79 Å². The lowest BCUT2D eigenvalue weighted by Gasteiger charge is -1.87. The second kappa shape index (κ2) is 5.55. The Bertz CT molecular complexity index is 251. The SMILES string of the molecule is CSc1nnc(SCCC=O)s1. The molecule has 1 aromatic rings. The average Bonchev–Trinajstić information content (AvgIpc) is 2.53. The molecule has 6 heteroatoms. The van der Waals surface area contributed by atoms with E-state index in [1.165, 1.54) is 0 Å². The number of carbonyl (C=O) groups excluding carboxylic acids is 1. The molecule has 0 fully saturated rings. The van der Waals surface area contributed by atoms with Crippen molar-refractivity contribution in [1.82, 2.24) is 10.2 Å². The van der Waals surface area contributed by atoms with E-state index in [0.717, 1.165) is 20.7 Å². The Hall–Kier alpha value is -0.0700. The number of rotatable bonds is 5. The van der Waals surface area contributed by atoms with Crippen LogP contribution in [0.1, 0.15) is 6.42 Å². The third-order valence-electron chi connectivity index (χ3n) is 1.02. The predicted octanol–water partition coefficient (Wildman–Crippen LogP) is 1.94. The number of aromatic nitrogens is 2. The van der Waals surface area contributed by atoms with Crippen molar-refractivity contribution in [3.05, 3.63) is 0 Å². The molecule has 0 bridgehead atoms. The zero-order chi connectivity index (χ0) is 8.81. The third kappa shape index (κ3) is 3.12. The minimum Gasteiger partial charge on any atom is -0.303 e. The summed E-state index contributed by atoms with van der Waals surface area (Å²) in [5.74, 6) is 0.798. The first-order valence-corrected chi connectivity index (χ1v) is 6.33. The van der Waals surface area contributed by atoms with Crippen LogP contribution in [0.5, 0.6) is 0 Å². The molecule has 66 valence electrons. The highest BCUT2D eigenvalue weighted by molar-refractivity contribution is 8.02. The molecule has 0 saturated carbocycles. The summed E-state index contributed by atoms with van der Waals surface area (Å²) < 4.78 is 1.92. The smallest absolute Gasteiger partial charge is 0.175 e. The summed E-state index contributed by atoms with van der Waals surface area (Å²) in [4.78, 5) is 10.0. The summed E-state index contributed by atoms with van der Waals surface area (Å²) in [5.41, 5.74) is 0. The Morgan fingerprint density at radius 3 is 2.83 bits per heavy atom. The van der Waals surface area contributed by atoms with Gasteiger partial charge < -0.3 is 4.79 Å². The van der Waals surface area contributed by atoms with Gasteiger partial charge in [-0.3, -0.25) is 0 Å². The Balaban J connectivity index is 2.36. The Labute approximate surface area is 83.3 Å². The van der Waals surface area contributed by atoms with Crippen molar-refractivity contribution in [3.63, 3.8) is 0 Å². The fourth-order valence-corrected chi connectivity index (χ4v) is 2.91.